The van der Waals surface area contributed by atoms with Crippen molar-refractivity contribution in [1.29, 1.82) is 0 Å². The van der Waals surface area contributed by atoms with Gasteiger partial charge in [-0.15, -0.1) is 0 Å². The third-order valence-electron chi connectivity index (χ3n) is 2.10. The van der Waals surface area contributed by atoms with Crippen molar-refractivity contribution in [1.82, 2.24) is 0 Å². The molecule has 0 saturated carbocycles. The quantitative estimate of drug-likeness (QED) is 0.347. The van der Waals surface area contributed by atoms with Gasteiger partial charge in [0.15, 0.2) is 0 Å². The topological polar surface area (TPSA) is 164 Å². The minimum atomic E-state index is -1.44. The van der Waals surface area contributed by atoms with Crippen LogP contribution >= 0.6 is 0 Å². The third-order valence-corrected chi connectivity index (χ3v) is 2.10. The van der Waals surface area contributed by atoms with Crippen LogP contribution in [0.25, 0.3) is 0 Å². The molecule has 0 aliphatic carbocycles. The second kappa shape index (κ2) is 6.03. The molecule has 0 heterocycles. The smallest absolute Gasteiger partial charge is 0.320 e. The second-order valence-corrected chi connectivity index (χ2v) is 3.40. The van der Waals surface area contributed by atoms with E-state index >= 15 is 0 Å². The van der Waals surface area contributed by atoms with Gasteiger partial charge >= 0.3 is 17.9 Å². The largest absolute Gasteiger partial charge is 0.481 e. The van der Waals surface area contributed by atoms with Crippen LogP contribution in [0.15, 0.2) is 0 Å². The fraction of sp³-hybridized carbons (Fsp3) is 0.625. The number of hydrogen-bond donors (Lipinski definition) is 5. The van der Waals surface area contributed by atoms with E-state index in [2.05, 4.69) is 0 Å². The number of hydrogen-bond acceptors (Lipinski definition) is 5. The zero-order valence-electron chi connectivity index (χ0n) is 8.37. The molecule has 7 N–H and O–H groups in total. The predicted octanol–water partition coefficient (Wildman–Crippen LogP) is -1.71. The molecule has 3 atom stereocenters. The van der Waals surface area contributed by atoms with Gasteiger partial charge in [0.25, 0.3) is 0 Å². The van der Waals surface area contributed by atoms with E-state index in [1.165, 1.54) is 0 Å². The van der Waals surface area contributed by atoms with E-state index in [9.17, 15) is 14.4 Å². The normalized spacial score (nSPS) is 16.1. The third kappa shape index (κ3) is 4.71. The van der Waals surface area contributed by atoms with Crippen LogP contribution < -0.4 is 11.5 Å². The van der Waals surface area contributed by atoms with Gasteiger partial charge in [0.1, 0.15) is 12.1 Å². The summed E-state index contributed by atoms with van der Waals surface area (Å²) in [6.45, 7) is 0. The first-order valence-electron chi connectivity index (χ1n) is 4.44. The van der Waals surface area contributed by atoms with Crippen molar-refractivity contribution < 1.29 is 29.7 Å². The maximum Gasteiger partial charge on any atom is 0.320 e. The van der Waals surface area contributed by atoms with Gasteiger partial charge in [-0.25, -0.2) is 0 Å². The maximum atomic E-state index is 10.6. The van der Waals surface area contributed by atoms with E-state index in [0.717, 1.165) is 0 Å². The van der Waals surface area contributed by atoms with Gasteiger partial charge in [-0.05, 0) is 12.3 Å². The zero-order valence-corrected chi connectivity index (χ0v) is 8.37. The number of carbonyl (C=O) groups is 3. The lowest BCUT2D eigenvalue weighted by molar-refractivity contribution is -0.144. The van der Waals surface area contributed by atoms with E-state index in [0.29, 0.717) is 0 Å². The fourth-order valence-corrected chi connectivity index (χ4v) is 1.21. The molecule has 16 heavy (non-hydrogen) atoms. The average Bonchev–Trinajstić information content (AvgIpc) is 2.14. The molecule has 92 valence electrons. The van der Waals surface area contributed by atoms with Gasteiger partial charge in [-0.2, -0.15) is 0 Å². The number of carboxylic acids is 3. The Morgan fingerprint density at radius 1 is 1.00 bits per heavy atom. The van der Waals surface area contributed by atoms with Crippen molar-refractivity contribution in [3.63, 3.8) is 0 Å². The lowest BCUT2D eigenvalue weighted by Crippen LogP contribution is -2.43. The molecular formula is C8H14N2O6. The van der Waals surface area contributed by atoms with E-state index < -0.39 is 42.3 Å². The Hall–Kier alpha value is -1.67. The summed E-state index contributed by atoms with van der Waals surface area (Å²) in [5.74, 6) is -4.97. The Bertz CT molecular complexity index is 292. The van der Waals surface area contributed by atoms with E-state index in [1.807, 2.05) is 0 Å². The monoisotopic (exact) mass is 234 g/mol. The van der Waals surface area contributed by atoms with Crippen LogP contribution in [-0.4, -0.2) is 45.3 Å². The van der Waals surface area contributed by atoms with E-state index in [1.54, 1.807) is 0 Å². The Kier molecular flexibility index (Phi) is 5.40. The van der Waals surface area contributed by atoms with Gasteiger partial charge in [0.2, 0.25) is 0 Å². The number of carboxylic acid groups (broad SMARTS) is 3. The van der Waals surface area contributed by atoms with Crippen LogP contribution in [0.4, 0.5) is 0 Å². The molecule has 0 saturated heterocycles. The highest BCUT2D eigenvalue weighted by molar-refractivity contribution is 5.76. The van der Waals surface area contributed by atoms with Crippen molar-refractivity contribution in [3.8, 4) is 0 Å². The molecule has 0 aromatic carbocycles. The predicted molar refractivity (Wildman–Crippen MR) is 51.6 cm³/mol. The Balaban J connectivity index is 4.60. The van der Waals surface area contributed by atoms with Gasteiger partial charge in [-0.3, -0.25) is 14.4 Å². The molecule has 8 heteroatoms. The molecular weight excluding hydrogens is 220 g/mol. The molecule has 0 radical (unpaired) electrons. The Morgan fingerprint density at radius 2 is 1.50 bits per heavy atom. The lowest BCUT2D eigenvalue weighted by Gasteiger charge is -2.20. The summed E-state index contributed by atoms with van der Waals surface area (Å²) in [5, 5.41) is 25.7. The number of nitrogens with two attached hydrogens (primary N) is 2. The van der Waals surface area contributed by atoms with Crippen LogP contribution in [0.3, 0.4) is 0 Å². The summed E-state index contributed by atoms with van der Waals surface area (Å²) >= 11 is 0. The van der Waals surface area contributed by atoms with Crippen LogP contribution in [-0.2, 0) is 14.4 Å². The van der Waals surface area contributed by atoms with E-state index in [-0.39, 0.29) is 6.42 Å². The molecule has 0 bridgehead atoms. The van der Waals surface area contributed by atoms with Crippen LogP contribution in [0, 0.1) is 5.92 Å². The Labute approximate surface area is 90.8 Å². The van der Waals surface area contributed by atoms with Crippen LogP contribution in [0.5, 0.6) is 0 Å². The summed E-state index contributed by atoms with van der Waals surface area (Å²) in [4.78, 5) is 31.5. The summed E-state index contributed by atoms with van der Waals surface area (Å²) in [7, 11) is 0. The summed E-state index contributed by atoms with van der Waals surface area (Å²) in [5.41, 5.74) is 10.4. The highest BCUT2D eigenvalue weighted by Crippen LogP contribution is 2.15. The minimum Gasteiger partial charge on any atom is -0.481 e. The minimum absolute atomic E-state index is 0.297. The molecule has 8 nitrogen and oxygen atoms in total. The first-order chi connectivity index (χ1) is 7.25. The molecule has 0 spiro atoms. The van der Waals surface area contributed by atoms with E-state index in [4.69, 9.17) is 26.8 Å². The molecule has 0 aromatic rings. The average molecular weight is 234 g/mol. The number of rotatable bonds is 7. The molecule has 0 fully saturated rings. The molecule has 0 amide bonds. The summed E-state index contributed by atoms with van der Waals surface area (Å²) in [6, 6.07) is -2.77. The van der Waals surface area contributed by atoms with Gasteiger partial charge in [0, 0.05) is 0 Å². The summed E-state index contributed by atoms with van der Waals surface area (Å²) < 4.78 is 0. The highest BCUT2D eigenvalue weighted by atomic mass is 16.4. The van der Waals surface area contributed by atoms with Gasteiger partial charge in [-0.1, -0.05) is 0 Å². The Morgan fingerprint density at radius 3 is 1.81 bits per heavy atom. The molecule has 0 rings (SSSR count). The first kappa shape index (κ1) is 14.3. The van der Waals surface area contributed by atoms with Crippen molar-refractivity contribution >= 4 is 17.9 Å². The standard InChI is InChI=1S/C8H14N2O6/c9-4(7(13)14)1-3(2-5(11)12)6(10)8(15)16/h3-4,6H,1-2,9-10H2,(H,11,12)(H,13,14)(H,15,16)/t3?,4?,6-/m1/s1. The molecule has 0 aromatic heterocycles. The zero-order chi connectivity index (χ0) is 12.9. The van der Waals surface area contributed by atoms with Crippen molar-refractivity contribution in [2.45, 2.75) is 24.9 Å². The van der Waals surface area contributed by atoms with Crippen LogP contribution in [0.2, 0.25) is 0 Å². The first-order valence-corrected chi connectivity index (χ1v) is 4.44. The van der Waals surface area contributed by atoms with Gasteiger partial charge in [0.05, 0.1) is 6.42 Å². The SMILES string of the molecule is NC(CC(CC(=O)O)[C@@H](N)C(=O)O)C(=O)O. The fourth-order valence-electron chi connectivity index (χ4n) is 1.21. The van der Waals surface area contributed by atoms with Crippen molar-refractivity contribution in [2.24, 2.45) is 17.4 Å². The number of aliphatic carboxylic acids is 3. The second-order valence-electron chi connectivity index (χ2n) is 3.40. The van der Waals surface area contributed by atoms with Gasteiger partial charge < -0.3 is 26.8 Å². The maximum absolute atomic E-state index is 10.6. The lowest BCUT2D eigenvalue weighted by atomic mass is 9.90. The van der Waals surface area contributed by atoms with Crippen LogP contribution in [0.1, 0.15) is 12.8 Å². The molecule has 0 aliphatic heterocycles. The summed E-state index contributed by atoms with van der Waals surface area (Å²) in [6.07, 6.45) is -0.830. The molecule has 2 unspecified atom stereocenters. The highest BCUT2D eigenvalue weighted by Gasteiger charge is 2.30. The molecule has 0 aliphatic rings. The van der Waals surface area contributed by atoms with Crippen molar-refractivity contribution in [3.05, 3.63) is 0 Å². The van der Waals surface area contributed by atoms with Crippen molar-refractivity contribution in [2.75, 3.05) is 0 Å².